The van der Waals surface area contributed by atoms with E-state index in [4.69, 9.17) is 5.11 Å². The minimum atomic E-state index is 0.301. The maximum atomic E-state index is 8.37. The lowest BCUT2D eigenvalue weighted by atomic mass is 10.3. The highest BCUT2D eigenvalue weighted by atomic mass is 16.2. The second-order valence-corrected chi connectivity index (χ2v) is 1.92. The lowest BCUT2D eigenvalue weighted by Gasteiger charge is -1.97. The van der Waals surface area contributed by atoms with Crippen LogP contribution in [0, 0.1) is 0 Å². The fraction of sp³-hybridized carbons (Fsp3) is 0.714. The van der Waals surface area contributed by atoms with Crippen LogP contribution in [-0.2, 0) is 0 Å². The summed E-state index contributed by atoms with van der Waals surface area (Å²) < 4.78 is 0. The molecule has 0 fully saturated rings. The lowest BCUT2D eigenvalue weighted by Crippen LogP contribution is -2.14. The second kappa shape index (κ2) is 7.66. The van der Waals surface area contributed by atoms with Gasteiger partial charge in [-0.1, -0.05) is 6.08 Å². The van der Waals surface area contributed by atoms with Crippen LogP contribution in [0.25, 0.3) is 0 Å². The first kappa shape index (κ1) is 8.66. The molecule has 0 atom stereocenters. The van der Waals surface area contributed by atoms with Crippen molar-refractivity contribution in [1.29, 1.82) is 0 Å². The van der Waals surface area contributed by atoms with Gasteiger partial charge in [-0.05, 0) is 19.4 Å². The van der Waals surface area contributed by atoms with Crippen LogP contribution in [0.3, 0.4) is 0 Å². The molecule has 2 N–H and O–H groups in total. The molecule has 0 aromatic heterocycles. The molecule has 0 aliphatic heterocycles. The molecule has 0 radical (unpaired) electrons. The monoisotopic (exact) mass is 129 g/mol. The molecule has 0 saturated carbocycles. The third kappa shape index (κ3) is 7.66. The molecule has 0 aromatic carbocycles. The SMILES string of the molecule is C=CCNCCCCO. The summed E-state index contributed by atoms with van der Waals surface area (Å²) in [6.07, 6.45) is 3.77. The molecule has 0 saturated heterocycles. The Balaban J connectivity index is 2.66. The van der Waals surface area contributed by atoms with E-state index in [2.05, 4.69) is 11.9 Å². The number of aliphatic hydroxyl groups is 1. The van der Waals surface area contributed by atoms with Crippen LogP contribution in [0.4, 0.5) is 0 Å². The molecular formula is C7H15NO. The Morgan fingerprint density at radius 3 is 2.78 bits per heavy atom. The van der Waals surface area contributed by atoms with E-state index in [0.717, 1.165) is 25.9 Å². The standard InChI is InChI=1S/C7H15NO/c1-2-5-8-6-3-4-7-9/h2,8-9H,1,3-7H2. The van der Waals surface area contributed by atoms with Crippen LogP contribution in [0.5, 0.6) is 0 Å². The van der Waals surface area contributed by atoms with E-state index >= 15 is 0 Å². The normalized spacial score (nSPS) is 9.44. The number of aliphatic hydroxyl groups excluding tert-OH is 1. The van der Waals surface area contributed by atoms with Gasteiger partial charge in [-0.2, -0.15) is 0 Å². The first-order valence-electron chi connectivity index (χ1n) is 3.34. The molecule has 54 valence electrons. The number of nitrogens with one attached hydrogen (secondary N) is 1. The highest BCUT2D eigenvalue weighted by molar-refractivity contribution is 4.68. The van der Waals surface area contributed by atoms with Crippen LogP contribution < -0.4 is 5.32 Å². The summed E-state index contributed by atoms with van der Waals surface area (Å²) in [6.45, 7) is 5.71. The van der Waals surface area contributed by atoms with Crippen molar-refractivity contribution in [2.45, 2.75) is 12.8 Å². The fourth-order valence-electron chi connectivity index (χ4n) is 0.566. The summed E-state index contributed by atoms with van der Waals surface area (Å²) in [5, 5.41) is 11.5. The zero-order valence-electron chi connectivity index (χ0n) is 5.77. The van der Waals surface area contributed by atoms with Gasteiger partial charge in [0.15, 0.2) is 0 Å². The molecule has 0 bridgehead atoms. The molecule has 0 aliphatic carbocycles. The summed E-state index contributed by atoms with van der Waals surface area (Å²) in [5.74, 6) is 0. The van der Waals surface area contributed by atoms with Gasteiger partial charge in [-0.3, -0.25) is 0 Å². The van der Waals surface area contributed by atoms with E-state index in [1.807, 2.05) is 6.08 Å². The van der Waals surface area contributed by atoms with Crippen LogP contribution in [-0.4, -0.2) is 24.8 Å². The van der Waals surface area contributed by atoms with Gasteiger partial charge in [0.1, 0.15) is 0 Å². The fourth-order valence-corrected chi connectivity index (χ4v) is 0.566. The van der Waals surface area contributed by atoms with Crippen molar-refractivity contribution < 1.29 is 5.11 Å². The Hall–Kier alpha value is -0.340. The molecule has 0 aromatic rings. The Morgan fingerprint density at radius 1 is 1.44 bits per heavy atom. The average Bonchev–Trinajstić information content (AvgIpc) is 1.89. The molecule has 0 unspecified atom stereocenters. The zero-order valence-corrected chi connectivity index (χ0v) is 5.77. The topological polar surface area (TPSA) is 32.3 Å². The molecule has 2 heteroatoms. The van der Waals surface area contributed by atoms with E-state index < -0.39 is 0 Å². The van der Waals surface area contributed by atoms with Gasteiger partial charge in [0.25, 0.3) is 0 Å². The van der Waals surface area contributed by atoms with Gasteiger partial charge in [-0.15, -0.1) is 6.58 Å². The third-order valence-corrected chi connectivity index (χ3v) is 1.05. The Kier molecular flexibility index (Phi) is 7.37. The second-order valence-electron chi connectivity index (χ2n) is 1.92. The summed E-state index contributed by atoms with van der Waals surface area (Å²) in [5.41, 5.74) is 0. The number of hydrogen-bond donors (Lipinski definition) is 2. The van der Waals surface area contributed by atoms with E-state index in [9.17, 15) is 0 Å². The van der Waals surface area contributed by atoms with Crippen LogP contribution in [0.15, 0.2) is 12.7 Å². The summed E-state index contributed by atoms with van der Waals surface area (Å²) in [6, 6.07) is 0. The van der Waals surface area contributed by atoms with Crippen molar-refractivity contribution in [3.05, 3.63) is 12.7 Å². The quantitative estimate of drug-likeness (QED) is 0.405. The van der Waals surface area contributed by atoms with E-state index in [0.29, 0.717) is 6.61 Å². The Bertz CT molecular complexity index is 63.9. The van der Waals surface area contributed by atoms with Crippen molar-refractivity contribution in [2.24, 2.45) is 0 Å². The maximum absolute atomic E-state index is 8.37. The molecule has 2 nitrogen and oxygen atoms in total. The first-order valence-corrected chi connectivity index (χ1v) is 3.34. The summed E-state index contributed by atoms with van der Waals surface area (Å²) in [7, 11) is 0. The van der Waals surface area contributed by atoms with Crippen LogP contribution in [0.2, 0.25) is 0 Å². The minimum Gasteiger partial charge on any atom is -0.396 e. The number of hydrogen-bond acceptors (Lipinski definition) is 2. The predicted octanol–water partition coefficient (Wildman–Crippen LogP) is 0.534. The zero-order chi connectivity index (χ0) is 6.95. The maximum Gasteiger partial charge on any atom is 0.0431 e. The molecule has 9 heavy (non-hydrogen) atoms. The largest absolute Gasteiger partial charge is 0.396 e. The van der Waals surface area contributed by atoms with Gasteiger partial charge >= 0.3 is 0 Å². The van der Waals surface area contributed by atoms with Gasteiger partial charge in [0.2, 0.25) is 0 Å². The highest BCUT2D eigenvalue weighted by Crippen LogP contribution is 1.82. The van der Waals surface area contributed by atoms with Gasteiger partial charge < -0.3 is 10.4 Å². The molecule has 0 spiro atoms. The minimum absolute atomic E-state index is 0.301. The highest BCUT2D eigenvalue weighted by Gasteiger charge is 1.83. The smallest absolute Gasteiger partial charge is 0.0431 e. The van der Waals surface area contributed by atoms with Crippen molar-refractivity contribution in [1.82, 2.24) is 5.32 Å². The van der Waals surface area contributed by atoms with Crippen molar-refractivity contribution in [3.63, 3.8) is 0 Å². The molecular weight excluding hydrogens is 114 g/mol. The average molecular weight is 129 g/mol. The van der Waals surface area contributed by atoms with E-state index in [1.165, 1.54) is 0 Å². The first-order chi connectivity index (χ1) is 4.41. The summed E-state index contributed by atoms with van der Waals surface area (Å²) >= 11 is 0. The Labute approximate surface area is 56.6 Å². The lowest BCUT2D eigenvalue weighted by molar-refractivity contribution is 0.284. The molecule has 0 amide bonds. The van der Waals surface area contributed by atoms with Gasteiger partial charge in [0, 0.05) is 13.2 Å². The third-order valence-electron chi connectivity index (χ3n) is 1.05. The molecule has 0 rings (SSSR count). The van der Waals surface area contributed by atoms with Gasteiger partial charge in [0.05, 0.1) is 0 Å². The Morgan fingerprint density at radius 2 is 2.22 bits per heavy atom. The van der Waals surface area contributed by atoms with Crippen molar-refractivity contribution >= 4 is 0 Å². The van der Waals surface area contributed by atoms with Crippen LogP contribution >= 0.6 is 0 Å². The number of unbranched alkanes of at least 4 members (excludes halogenated alkanes) is 1. The molecule has 0 heterocycles. The summed E-state index contributed by atoms with van der Waals surface area (Å²) in [4.78, 5) is 0. The van der Waals surface area contributed by atoms with Crippen LogP contribution in [0.1, 0.15) is 12.8 Å². The number of rotatable bonds is 6. The van der Waals surface area contributed by atoms with Crippen molar-refractivity contribution in [3.8, 4) is 0 Å². The van der Waals surface area contributed by atoms with Gasteiger partial charge in [-0.25, -0.2) is 0 Å². The molecule has 0 aliphatic rings. The predicted molar refractivity (Wildman–Crippen MR) is 39.4 cm³/mol. The van der Waals surface area contributed by atoms with Crippen molar-refractivity contribution in [2.75, 3.05) is 19.7 Å². The van der Waals surface area contributed by atoms with E-state index in [-0.39, 0.29) is 0 Å². The van der Waals surface area contributed by atoms with E-state index in [1.54, 1.807) is 0 Å².